The third-order valence-corrected chi connectivity index (χ3v) is 11.2. The maximum atomic E-state index is 6.66. The molecular weight excluding hydrogens is 578 g/mol. The summed E-state index contributed by atoms with van der Waals surface area (Å²) in [6.45, 7) is 2.54. The van der Waals surface area contributed by atoms with Crippen molar-refractivity contribution >= 4 is 15.2 Å². The van der Waals surface area contributed by atoms with Gasteiger partial charge in [0.1, 0.15) is 35.4 Å². The summed E-state index contributed by atoms with van der Waals surface area (Å²) < 4.78 is 42.9. The Balaban J connectivity index is 1.65. The molecule has 0 N–H and O–H groups in total. The fourth-order valence-corrected chi connectivity index (χ4v) is 9.11. The number of ether oxygens (including phenoxy) is 1. The molecule has 0 fully saturated rings. The lowest BCUT2D eigenvalue weighted by Gasteiger charge is -2.29. The lowest BCUT2D eigenvalue weighted by Crippen LogP contribution is -2.09. The van der Waals surface area contributed by atoms with Gasteiger partial charge < -0.3 is 22.8 Å². The summed E-state index contributed by atoms with van der Waals surface area (Å²) in [6.07, 6.45) is 0.435. The van der Waals surface area contributed by atoms with Gasteiger partial charge in [-0.3, -0.25) is 0 Å². The first kappa shape index (κ1) is 30.0. The second-order valence-electron chi connectivity index (χ2n) is 9.18. The Bertz CT molecular complexity index is 1550. The van der Waals surface area contributed by atoms with E-state index in [2.05, 4.69) is 0 Å². The second-order valence-corrected chi connectivity index (χ2v) is 13.8. The first-order chi connectivity index (χ1) is 21.2. The van der Waals surface area contributed by atoms with Crippen LogP contribution in [0.1, 0.15) is 6.92 Å². The average molecular weight is 613 g/mol. The molecule has 0 unspecified atom stereocenters. The maximum absolute atomic E-state index is 6.66. The van der Waals surface area contributed by atoms with Crippen molar-refractivity contribution in [3.8, 4) is 28.7 Å². The predicted octanol–water partition coefficient (Wildman–Crippen LogP) is 10.4. The highest BCUT2D eigenvalue weighted by Gasteiger charge is 2.35. The van der Waals surface area contributed by atoms with Gasteiger partial charge in [0.15, 0.2) is 0 Å². The summed E-state index contributed by atoms with van der Waals surface area (Å²) in [6, 6.07) is 47.5. The average Bonchev–Trinajstić information content (AvgIpc) is 3.05. The summed E-state index contributed by atoms with van der Waals surface area (Å²) in [4.78, 5) is 0. The third kappa shape index (κ3) is 9.02. The van der Waals surface area contributed by atoms with Gasteiger partial charge in [-0.2, -0.15) is 0 Å². The summed E-state index contributed by atoms with van der Waals surface area (Å²) in [5.41, 5.74) is 0. The number of benzene rings is 5. The van der Waals surface area contributed by atoms with Crippen LogP contribution in [0.2, 0.25) is 0 Å². The van der Waals surface area contributed by atoms with Crippen molar-refractivity contribution in [2.24, 2.45) is 9.26 Å². The van der Waals surface area contributed by atoms with Gasteiger partial charge in [0, 0.05) is 0 Å². The molecule has 0 atom stereocenters. The van der Waals surface area contributed by atoms with Crippen LogP contribution in [0.15, 0.2) is 161 Å². The minimum atomic E-state index is -3.50. The first-order valence-electron chi connectivity index (χ1n) is 14.0. The fourth-order valence-electron chi connectivity index (χ4n) is 3.94. The topological polar surface area (TPSA) is 70.9 Å². The molecule has 0 aliphatic rings. The predicted molar refractivity (Wildman–Crippen MR) is 174 cm³/mol. The van der Waals surface area contributed by atoms with Crippen molar-refractivity contribution < 1.29 is 22.8 Å². The zero-order valence-electron chi connectivity index (χ0n) is 23.9. The minimum absolute atomic E-state index is 0.256. The van der Waals surface area contributed by atoms with Crippen LogP contribution in [0, 0.1) is 0 Å². The van der Waals surface area contributed by atoms with Crippen molar-refractivity contribution in [3.63, 3.8) is 0 Å². The molecule has 0 saturated heterocycles. The van der Waals surface area contributed by atoms with Crippen LogP contribution in [-0.2, 0) is 0 Å². The van der Waals surface area contributed by atoms with Gasteiger partial charge in [0.2, 0.25) is 0 Å². The van der Waals surface area contributed by atoms with Crippen LogP contribution >= 0.6 is 15.2 Å². The lowest BCUT2D eigenvalue weighted by molar-refractivity contribution is 0.327. The highest BCUT2D eigenvalue weighted by atomic mass is 31.2. The largest absolute Gasteiger partial charge is 0.492 e. The van der Waals surface area contributed by atoms with Gasteiger partial charge in [0.05, 0.1) is 12.7 Å². The molecule has 0 aliphatic carbocycles. The Morgan fingerprint density at radius 2 is 0.814 bits per heavy atom. The molecule has 0 bridgehead atoms. The monoisotopic (exact) mass is 612 g/mol. The molecule has 7 nitrogen and oxygen atoms in total. The Kier molecular flexibility index (Phi) is 10.6. The van der Waals surface area contributed by atoms with E-state index >= 15 is 0 Å². The first-order valence-corrected chi connectivity index (χ1v) is 17.3. The molecule has 0 aromatic heterocycles. The Labute approximate surface area is 253 Å². The maximum Gasteiger partial charge on any atom is 0.448 e. The smallest absolute Gasteiger partial charge is 0.448 e. The van der Waals surface area contributed by atoms with E-state index in [9.17, 15) is 0 Å². The number of hydrogen-bond acceptors (Lipinski definition) is 6. The molecule has 43 heavy (non-hydrogen) atoms. The van der Waals surface area contributed by atoms with E-state index in [1.165, 1.54) is 0 Å². The van der Waals surface area contributed by atoms with Gasteiger partial charge in [-0.05, 0) is 60.7 Å². The van der Waals surface area contributed by atoms with Gasteiger partial charge in [-0.25, -0.2) is 4.74 Å². The van der Waals surface area contributed by atoms with Crippen LogP contribution in [0.5, 0.6) is 28.7 Å². The number of rotatable bonds is 14. The molecule has 0 heterocycles. The van der Waals surface area contributed by atoms with Crippen molar-refractivity contribution in [1.82, 2.24) is 0 Å². The van der Waals surface area contributed by atoms with Crippen LogP contribution < -0.4 is 22.8 Å². The van der Waals surface area contributed by atoms with Crippen molar-refractivity contribution in [2.75, 3.05) is 19.3 Å². The van der Waals surface area contributed by atoms with E-state index in [0.717, 1.165) is 5.75 Å². The Morgan fingerprint density at radius 3 is 1.19 bits per heavy atom. The molecule has 220 valence electrons. The van der Waals surface area contributed by atoms with Crippen LogP contribution in [0.25, 0.3) is 0 Å². The van der Waals surface area contributed by atoms with Crippen LogP contribution in [0.4, 0.5) is 0 Å². The van der Waals surface area contributed by atoms with Crippen molar-refractivity contribution in [3.05, 3.63) is 152 Å². The molecule has 9 heteroatoms. The highest BCUT2D eigenvalue weighted by Crippen LogP contribution is 2.64. The highest BCUT2D eigenvalue weighted by molar-refractivity contribution is 7.68. The normalized spacial score (nSPS) is 11.2. The molecule has 5 rings (SSSR count). The molecule has 5 aromatic rings. The van der Waals surface area contributed by atoms with E-state index in [1.54, 1.807) is 0 Å². The second kappa shape index (κ2) is 15.2. The molecule has 0 amide bonds. The summed E-state index contributed by atoms with van der Waals surface area (Å²) >= 11 is 0. The standard InChI is InChI=1S/C34H34N2O5P2/c1-2-42(38-31-20-10-4-11-21-31,39-32-22-12-5-13-23-32)36-43(40-33-24-14-6-15-25-33,41-34-26-16-7-17-27-34)35-28-29-37-30-18-8-3-9-19-30/h3-27H,2,28-29H2,1H3. The van der Waals surface area contributed by atoms with E-state index in [0.29, 0.717) is 35.8 Å². The van der Waals surface area contributed by atoms with Crippen LogP contribution in [0.3, 0.4) is 0 Å². The minimum Gasteiger partial charge on any atom is -0.492 e. The van der Waals surface area contributed by atoms with Crippen molar-refractivity contribution in [2.45, 2.75) is 6.92 Å². The van der Waals surface area contributed by atoms with E-state index in [-0.39, 0.29) is 6.54 Å². The molecule has 0 aliphatic heterocycles. The zero-order chi connectivity index (χ0) is 29.6. The number of hydrogen-bond donors (Lipinski definition) is 0. The fraction of sp³-hybridized carbons (Fsp3) is 0.118. The Morgan fingerprint density at radius 1 is 0.465 bits per heavy atom. The van der Waals surface area contributed by atoms with Gasteiger partial charge in [-0.1, -0.05) is 97.9 Å². The van der Waals surface area contributed by atoms with Crippen molar-refractivity contribution in [1.29, 1.82) is 0 Å². The zero-order valence-corrected chi connectivity index (χ0v) is 25.7. The summed E-state index contributed by atoms with van der Waals surface area (Å²) in [5.74, 6) is 3.14. The summed E-state index contributed by atoms with van der Waals surface area (Å²) in [5, 5.41) is 0. The third-order valence-electron chi connectivity index (χ3n) is 5.95. The lowest BCUT2D eigenvalue weighted by atomic mass is 10.3. The SMILES string of the molecule is CCP(=NP(=NCCOc1ccccc1)(Oc1ccccc1)Oc1ccccc1)(Oc1ccccc1)Oc1ccccc1. The van der Waals surface area contributed by atoms with E-state index in [1.807, 2.05) is 159 Å². The molecule has 0 spiro atoms. The molecule has 0 radical (unpaired) electrons. The van der Waals surface area contributed by atoms with E-state index < -0.39 is 15.2 Å². The molecule has 5 aromatic carbocycles. The van der Waals surface area contributed by atoms with Gasteiger partial charge >= 0.3 is 15.2 Å². The quantitative estimate of drug-likeness (QED) is 0.0922. The van der Waals surface area contributed by atoms with Gasteiger partial charge in [-0.15, -0.1) is 4.52 Å². The van der Waals surface area contributed by atoms with Gasteiger partial charge in [0.25, 0.3) is 0 Å². The molecule has 0 saturated carbocycles. The van der Waals surface area contributed by atoms with Crippen LogP contribution in [-0.4, -0.2) is 19.3 Å². The number of para-hydroxylation sites is 5. The molecular formula is C34H34N2O5P2. The van der Waals surface area contributed by atoms with E-state index in [4.69, 9.17) is 32.1 Å². The summed E-state index contributed by atoms with van der Waals surface area (Å²) in [7, 11) is -6.64. The Hall–Kier alpha value is -4.44. The number of nitrogens with zero attached hydrogens (tertiary/aromatic N) is 2.